The normalized spacial score (nSPS) is 11.9. The highest BCUT2D eigenvalue weighted by Gasteiger charge is 2.22. The fourth-order valence-corrected chi connectivity index (χ4v) is 9.71. The van der Waals surface area contributed by atoms with E-state index in [0.29, 0.717) is 0 Å². The molecule has 4 nitrogen and oxygen atoms in total. The molecule has 0 fully saturated rings. The monoisotopic (exact) mass is 792 g/mol. The number of fused-ring (bicyclic) bond motifs is 11. The second kappa shape index (κ2) is 13.6. The van der Waals surface area contributed by atoms with Gasteiger partial charge in [0.1, 0.15) is 22.3 Å². The zero-order chi connectivity index (χ0) is 40.7. The Morgan fingerprint density at radius 2 is 0.952 bits per heavy atom. The zero-order valence-electron chi connectivity index (χ0n) is 33.5. The Kier molecular flexibility index (Phi) is 7.57. The van der Waals surface area contributed by atoms with Gasteiger partial charge in [-0.15, -0.1) is 0 Å². The fraction of sp³-hybridized carbons (Fsp3) is 0. The lowest BCUT2D eigenvalue weighted by Gasteiger charge is -2.27. The van der Waals surface area contributed by atoms with Gasteiger partial charge < -0.3 is 18.3 Å². The van der Waals surface area contributed by atoms with Crippen LogP contribution >= 0.6 is 0 Å². The maximum Gasteiger partial charge on any atom is 0.143 e. The van der Waals surface area contributed by atoms with Gasteiger partial charge in [0.25, 0.3) is 0 Å². The van der Waals surface area contributed by atoms with Crippen LogP contribution in [0.4, 0.5) is 17.1 Å². The van der Waals surface area contributed by atoms with Crippen LogP contribution in [0, 0.1) is 0 Å². The highest BCUT2D eigenvalue weighted by Crippen LogP contribution is 2.46. The zero-order valence-corrected chi connectivity index (χ0v) is 33.5. The summed E-state index contributed by atoms with van der Waals surface area (Å²) in [4.78, 5) is 2.39. The van der Waals surface area contributed by atoms with Gasteiger partial charge >= 0.3 is 0 Å². The Morgan fingerprint density at radius 3 is 1.77 bits per heavy atom. The molecule has 4 heteroatoms. The quantitative estimate of drug-likeness (QED) is 0.168. The molecule has 0 N–H and O–H groups in total. The number of furan rings is 2. The van der Waals surface area contributed by atoms with Gasteiger partial charge in [-0.05, 0) is 119 Å². The molecule has 13 aromatic rings. The van der Waals surface area contributed by atoms with Gasteiger partial charge in [-0.25, -0.2) is 0 Å². The standard InChI is InChI=1S/C58H36N2O2/c1-2-16-42(17-3-1)60-51-23-8-6-21-46(51)49-35-40(28-31-52(49)60)38-14-10-18-43(33-38)59(53-24-12-26-56-57(53)48-30-27-37-13-4-5-20-45(37)58(48)62-56)44-19-11-15-39(34-44)41-29-32-55-50(36-41)47-22-7-9-25-54(47)61-55/h1-36H. The van der Waals surface area contributed by atoms with Crippen LogP contribution in [0.15, 0.2) is 227 Å². The maximum atomic E-state index is 6.76. The van der Waals surface area contributed by atoms with E-state index >= 15 is 0 Å². The summed E-state index contributed by atoms with van der Waals surface area (Å²) in [5, 5.41) is 9.11. The van der Waals surface area contributed by atoms with Gasteiger partial charge in [-0.3, -0.25) is 0 Å². The number of aromatic nitrogens is 1. The Morgan fingerprint density at radius 1 is 0.339 bits per heavy atom. The number of para-hydroxylation sites is 3. The third kappa shape index (κ3) is 5.33. The van der Waals surface area contributed by atoms with Crippen molar-refractivity contribution in [3.05, 3.63) is 218 Å². The summed E-state index contributed by atoms with van der Waals surface area (Å²) in [5.41, 5.74) is 14.7. The van der Waals surface area contributed by atoms with E-state index in [1.165, 1.54) is 21.8 Å². The molecule has 290 valence electrons. The van der Waals surface area contributed by atoms with Crippen molar-refractivity contribution in [2.24, 2.45) is 0 Å². The molecule has 0 aliphatic carbocycles. The minimum Gasteiger partial charge on any atom is -0.456 e. The van der Waals surface area contributed by atoms with E-state index < -0.39 is 0 Å². The van der Waals surface area contributed by atoms with Crippen molar-refractivity contribution in [3.8, 4) is 27.9 Å². The van der Waals surface area contributed by atoms with Crippen LogP contribution < -0.4 is 4.90 Å². The van der Waals surface area contributed by atoms with Gasteiger partial charge in [-0.1, -0.05) is 127 Å². The molecule has 10 aromatic carbocycles. The van der Waals surface area contributed by atoms with Crippen LogP contribution in [-0.4, -0.2) is 4.57 Å². The average Bonchev–Trinajstić information content (AvgIpc) is 4.02. The summed E-state index contributed by atoms with van der Waals surface area (Å²) < 4.78 is 15.3. The topological polar surface area (TPSA) is 34.5 Å². The van der Waals surface area contributed by atoms with Crippen molar-refractivity contribution in [3.63, 3.8) is 0 Å². The molecule has 0 spiro atoms. The molecule has 62 heavy (non-hydrogen) atoms. The molecule has 0 radical (unpaired) electrons. The smallest absolute Gasteiger partial charge is 0.143 e. The second-order valence-electron chi connectivity index (χ2n) is 16.1. The molecule has 0 unspecified atom stereocenters. The lowest BCUT2D eigenvalue weighted by molar-refractivity contribution is 0.669. The number of nitrogens with zero attached hydrogens (tertiary/aromatic N) is 2. The van der Waals surface area contributed by atoms with Crippen LogP contribution in [0.3, 0.4) is 0 Å². The molecule has 3 heterocycles. The molecule has 0 amide bonds. The van der Waals surface area contributed by atoms with Crippen LogP contribution in [-0.2, 0) is 0 Å². The molecule has 0 atom stereocenters. The Bertz CT molecular complexity index is 3890. The van der Waals surface area contributed by atoms with E-state index in [0.717, 1.165) is 99.7 Å². The second-order valence-corrected chi connectivity index (χ2v) is 16.1. The van der Waals surface area contributed by atoms with Crippen molar-refractivity contribution in [2.45, 2.75) is 0 Å². The minimum absolute atomic E-state index is 0.851. The van der Waals surface area contributed by atoms with Gasteiger partial charge in [-0.2, -0.15) is 0 Å². The van der Waals surface area contributed by atoms with Crippen LogP contribution in [0.25, 0.3) is 104 Å². The van der Waals surface area contributed by atoms with E-state index in [1.807, 2.05) is 12.1 Å². The molecule has 0 saturated heterocycles. The Balaban J connectivity index is 1.01. The predicted molar refractivity (Wildman–Crippen MR) is 258 cm³/mol. The highest BCUT2D eigenvalue weighted by atomic mass is 16.3. The molecule has 0 aliphatic rings. The number of benzene rings is 10. The van der Waals surface area contributed by atoms with Gasteiger partial charge in [0.15, 0.2) is 0 Å². The van der Waals surface area contributed by atoms with Crippen LogP contribution in [0.1, 0.15) is 0 Å². The van der Waals surface area contributed by atoms with Crippen molar-refractivity contribution in [1.82, 2.24) is 4.57 Å². The summed E-state index contributed by atoms with van der Waals surface area (Å²) in [7, 11) is 0. The van der Waals surface area contributed by atoms with Crippen molar-refractivity contribution < 1.29 is 8.83 Å². The van der Waals surface area contributed by atoms with Crippen molar-refractivity contribution >= 4 is 93.5 Å². The van der Waals surface area contributed by atoms with E-state index in [2.05, 4.69) is 216 Å². The predicted octanol–water partition coefficient (Wildman–Crippen LogP) is 16.5. The lowest BCUT2D eigenvalue weighted by Crippen LogP contribution is -2.10. The largest absolute Gasteiger partial charge is 0.456 e. The summed E-state index contributed by atoms with van der Waals surface area (Å²) in [6.07, 6.45) is 0. The molecule has 3 aromatic heterocycles. The van der Waals surface area contributed by atoms with E-state index in [9.17, 15) is 0 Å². The number of hydrogen-bond acceptors (Lipinski definition) is 3. The first-order valence-corrected chi connectivity index (χ1v) is 21.1. The van der Waals surface area contributed by atoms with Crippen LogP contribution in [0.2, 0.25) is 0 Å². The van der Waals surface area contributed by atoms with Gasteiger partial charge in [0.05, 0.1) is 22.1 Å². The first-order valence-electron chi connectivity index (χ1n) is 21.1. The van der Waals surface area contributed by atoms with E-state index in [-0.39, 0.29) is 0 Å². The molecular weight excluding hydrogens is 757 g/mol. The highest BCUT2D eigenvalue weighted by molar-refractivity contribution is 6.20. The maximum absolute atomic E-state index is 6.76. The summed E-state index contributed by atoms with van der Waals surface area (Å²) in [6.45, 7) is 0. The van der Waals surface area contributed by atoms with Crippen molar-refractivity contribution in [2.75, 3.05) is 4.90 Å². The van der Waals surface area contributed by atoms with Crippen LogP contribution in [0.5, 0.6) is 0 Å². The third-order valence-electron chi connectivity index (χ3n) is 12.5. The fourth-order valence-electron chi connectivity index (χ4n) is 9.71. The summed E-state index contributed by atoms with van der Waals surface area (Å²) >= 11 is 0. The summed E-state index contributed by atoms with van der Waals surface area (Å²) in [6, 6.07) is 78.1. The van der Waals surface area contributed by atoms with Crippen molar-refractivity contribution in [1.29, 1.82) is 0 Å². The minimum atomic E-state index is 0.851. The molecule has 0 bridgehead atoms. The number of anilines is 3. The SMILES string of the molecule is c1ccc(-n2c3ccccc3c3cc(-c4cccc(N(c5cccc(-c6ccc7oc8ccccc8c7c6)c5)c5cccc6oc7c8ccccc8ccc7c56)c4)ccc32)cc1. The Hall–Kier alpha value is -8.34. The van der Waals surface area contributed by atoms with Gasteiger partial charge in [0.2, 0.25) is 0 Å². The molecular formula is C58H36N2O2. The molecule has 13 rings (SSSR count). The third-order valence-corrected chi connectivity index (χ3v) is 12.5. The van der Waals surface area contributed by atoms with E-state index in [1.54, 1.807) is 0 Å². The van der Waals surface area contributed by atoms with Gasteiger partial charge in [0, 0.05) is 49.4 Å². The summed E-state index contributed by atoms with van der Waals surface area (Å²) in [5.74, 6) is 0. The molecule has 0 saturated carbocycles. The number of rotatable bonds is 6. The first-order chi connectivity index (χ1) is 30.7. The number of hydrogen-bond donors (Lipinski definition) is 0. The lowest BCUT2D eigenvalue weighted by atomic mass is 9.99. The first kappa shape index (κ1) is 34.5. The van der Waals surface area contributed by atoms with E-state index in [4.69, 9.17) is 8.83 Å². The molecule has 0 aliphatic heterocycles. The Labute approximate surface area is 356 Å². The average molecular weight is 793 g/mol.